The number of fused-ring (bicyclic) bond motifs is 1. The lowest BCUT2D eigenvalue weighted by Crippen LogP contribution is -2.01. The Labute approximate surface area is 122 Å². The maximum Gasteiger partial charge on any atom is 0.276 e. The van der Waals surface area contributed by atoms with Crippen molar-refractivity contribution in [2.24, 2.45) is 0 Å². The molecule has 1 atom stereocenters. The molecular formula is C16H15NO4. The number of para-hydroxylation sites is 1. The first kappa shape index (κ1) is 13.6. The first-order valence-corrected chi connectivity index (χ1v) is 6.81. The van der Waals surface area contributed by atoms with Gasteiger partial charge in [0.15, 0.2) is 0 Å². The SMILES string of the molecule is O=[N+]([O-])c1ccccc1COc1ccc2c(c1)CC[C@@H]2O. The minimum absolute atomic E-state index is 0.0640. The molecule has 1 N–H and O–H groups in total. The fourth-order valence-electron chi connectivity index (χ4n) is 2.63. The van der Waals surface area contributed by atoms with Gasteiger partial charge in [0, 0.05) is 6.07 Å². The molecule has 0 aliphatic heterocycles. The molecule has 0 radical (unpaired) electrons. The van der Waals surface area contributed by atoms with Gasteiger partial charge in [-0.05, 0) is 42.2 Å². The van der Waals surface area contributed by atoms with Gasteiger partial charge in [-0.25, -0.2) is 0 Å². The van der Waals surface area contributed by atoms with Crippen molar-refractivity contribution in [3.8, 4) is 5.75 Å². The van der Waals surface area contributed by atoms with Crippen LogP contribution in [0.25, 0.3) is 0 Å². The molecule has 21 heavy (non-hydrogen) atoms. The summed E-state index contributed by atoms with van der Waals surface area (Å²) in [4.78, 5) is 10.5. The van der Waals surface area contributed by atoms with Gasteiger partial charge in [0.1, 0.15) is 12.4 Å². The first-order chi connectivity index (χ1) is 10.1. The Hall–Kier alpha value is -2.40. The number of hydrogen-bond acceptors (Lipinski definition) is 4. The highest BCUT2D eigenvalue weighted by Gasteiger charge is 2.20. The van der Waals surface area contributed by atoms with E-state index in [2.05, 4.69) is 0 Å². The molecule has 5 heteroatoms. The van der Waals surface area contributed by atoms with Gasteiger partial charge in [-0.2, -0.15) is 0 Å². The van der Waals surface area contributed by atoms with Crippen LogP contribution >= 0.6 is 0 Å². The van der Waals surface area contributed by atoms with Gasteiger partial charge in [0.2, 0.25) is 0 Å². The van der Waals surface area contributed by atoms with Crippen molar-refractivity contribution in [1.29, 1.82) is 0 Å². The third kappa shape index (κ3) is 2.73. The molecule has 2 aromatic rings. The van der Waals surface area contributed by atoms with Crippen molar-refractivity contribution in [1.82, 2.24) is 0 Å². The summed E-state index contributed by atoms with van der Waals surface area (Å²) >= 11 is 0. The monoisotopic (exact) mass is 285 g/mol. The Bertz CT molecular complexity index is 684. The molecule has 0 saturated heterocycles. The Morgan fingerprint density at radius 1 is 1.29 bits per heavy atom. The molecule has 0 saturated carbocycles. The van der Waals surface area contributed by atoms with Crippen LogP contribution in [0.2, 0.25) is 0 Å². The van der Waals surface area contributed by atoms with E-state index in [1.807, 2.05) is 12.1 Å². The molecule has 0 unspecified atom stereocenters. The third-order valence-corrected chi connectivity index (χ3v) is 3.74. The Morgan fingerprint density at radius 2 is 2.10 bits per heavy atom. The average molecular weight is 285 g/mol. The van der Waals surface area contributed by atoms with Gasteiger partial charge in [0.25, 0.3) is 5.69 Å². The summed E-state index contributed by atoms with van der Waals surface area (Å²) in [6, 6.07) is 12.1. The largest absolute Gasteiger partial charge is 0.489 e. The Kier molecular flexibility index (Phi) is 3.58. The molecule has 1 aliphatic carbocycles. The van der Waals surface area contributed by atoms with Gasteiger partial charge < -0.3 is 9.84 Å². The molecule has 0 bridgehead atoms. The molecule has 0 amide bonds. The maximum atomic E-state index is 10.9. The zero-order chi connectivity index (χ0) is 14.8. The van der Waals surface area contributed by atoms with Gasteiger partial charge in [-0.1, -0.05) is 18.2 Å². The van der Waals surface area contributed by atoms with E-state index in [1.54, 1.807) is 24.3 Å². The minimum atomic E-state index is -0.405. The van der Waals surface area contributed by atoms with Crippen molar-refractivity contribution in [2.45, 2.75) is 25.6 Å². The minimum Gasteiger partial charge on any atom is -0.489 e. The normalized spacial score (nSPS) is 16.5. The van der Waals surface area contributed by atoms with Crippen molar-refractivity contribution < 1.29 is 14.8 Å². The standard InChI is InChI=1S/C16H15NO4/c18-16-8-5-11-9-13(6-7-14(11)16)21-10-12-3-1-2-4-15(12)17(19)20/h1-4,6-7,9,16,18H,5,8,10H2/t16-/m0/s1. The van der Waals surface area contributed by atoms with E-state index in [0.717, 1.165) is 24.0 Å². The number of aryl methyl sites for hydroxylation is 1. The number of nitro benzene ring substituents is 1. The number of benzene rings is 2. The number of nitrogens with zero attached hydrogens (tertiary/aromatic N) is 1. The van der Waals surface area contributed by atoms with Crippen LogP contribution in [-0.4, -0.2) is 10.0 Å². The predicted molar refractivity (Wildman–Crippen MR) is 77.2 cm³/mol. The number of aliphatic hydroxyl groups excluding tert-OH is 1. The van der Waals surface area contributed by atoms with Crippen LogP contribution in [0.4, 0.5) is 5.69 Å². The molecule has 1 aliphatic rings. The lowest BCUT2D eigenvalue weighted by atomic mass is 10.1. The van der Waals surface area contributed by atoms with E-state index in [-0.39, 0.29) is 18.4 Å². The van der Waals surface area contributed by atoms with Crippen LogP contribution < -0.4 is 4.74 Å². The second-order valence-electron chi connectivity index (χ2n) is 5.09. The molecule has 0 spiro atoms. The number of ether oxygens (including phenoxy) is 1. The fraction of sp³-hybridized carbons (Fsp3) is 0.250. The van der Waals surface area contributed by atoms with E-state index < -0.39 is 4.92 Å². The van der Waals surface area contributed by atoms with Crippen molar-refractivity contribution in [3.05, 3.63) is 69.3 Å². The average Bonchev–Trinajstić information content (AvgIpc) is 2.86. The van der Waals surface area contributed by atoms with Crippen LogP contribution in [-0.2, 0) is 13.0 Å². The van der Waals surface area contributed by atoms with Gasteiger partial charge >= 0.3 is 0 Å². The van der Waals surface area contributed by atoms with Crippen molar-refractivity contribution >= 4 is 5.69 Å². The molecule has 0 aromatic heterocycles. The second-order valence-corrected chi connectivity index (χ2v) is 5.09. The summed E-state index contributed by atoms with van der Waals surface area (Å²) in [5, 5.41) is 20.7. The molecule has 3 rings (SSSR count). The maximum absolute atomic E-state index is 10.9. The summed E-state index contributed by atoms with van der Waals surface area (Å²) in [7, 11) is 0. The van der Waals surface area contributed by atoms with E-state index in [9.17, 15) is 15.2 Å². The smallest absolute Gasteiger partial charge is 0.276 e. The zero-order valence-corrected chi connectivity index (χ0v) is 11.4. The lowest BCUT2D eigenvalue weighted by molar-refractivity contribution is -0.385. The van der Waals surface area contributed by atoms with Crippen molar-refractivity contribution in [3.63, 3.8) is 0 Å². The van der Waals surface area contributed by atoms with Gasteiger partial charge in [-0.3, -0.25) is 10.1 Å². The van der Waals surface area contributed by atoms with Crippen LogP contribution in [0.1, 0.15) is 29.2 Å². The molecule has 0 heterocycles. The summed E-state index contributed by atoms with van der Waals surface area (Å²) in [6.45, 7) is 0.151. The van der Waals surface area contributed by atoms with E-state index in [1.165, 1.54) is 6.07 Å². The summed E-state index contributed by atoms with van der Waals surface area (Å²) in [6.07, 6.45) is 1.19. The lowest BCUT2D eigenvalue weighted by Gasteiger charge is -2.09. The Morgan fingerprint density at radius 3 is 2.90 bits per heavy atom. The third-order valence-electron chi connectivity index (χ3n) is 3.74. The highest BCUT2D eigenvalue weighted by molar-refractivity contribution is 5.42. The summed E-state index contributed by atoms with van der Waals surface area (Å²) in [5.41, 5.74) is 2.65. The summed E-state index contributed by atoms with van der Waals surface area (Å²) < 4.78 is 5.66. The van der Waals surface area contributed by atoms with E-state index in [4.69, 9.17) is 4.74 Å². The fourth-order valence-corrected chi connectivity index (χ4v) is 2.63. The molecule has 108 valence electrons. The number of rotatable bonds is 4. The molecule has 2 aromatic carbocycles. The van der Waals surface area contributed by atoms with Gasteiger partial charge in [0.05, 0.1) is 16.6 Å². The number of hydrogen-bond donors (Lipinski definition) is 1. The Balaban J connectivity index is 1.76. The van der Waals surface area contributed by atoms with Crippen LogP contribution in [0.3, 0.4) is 0 Å². The van der Waals surface area contributed by atoms with E-state index >= 15 is 0 Å². The number of nitro groups is 1. The molecular weight excluding hydrogens is 270 g/mol. The summed E-state index contributed by atoms with van der Waals surface area (Å²) in [5.74, 6) is 0.668. The quantitative estimate of drug-likeness (QED) is 0.691. The second kappa shape index (κ2) is 5.54. The molecule has 0 fully saturated rings. The highest BCUT2D eigenvalue weighted by Crippen LogP contribution is 2.33. The molecule has 5 nitrogen and oxygen atoms in total. The zero-order valence-electron chi connectivity index (χ0n) is 11.4. The van der Waals surface area contributed by atoms with E-state index in [0.29, 0.717) is 11.3 Å². The van der Waals surface area contributed by atoms with Crippen LogP contribution in [0, 0.1) is 10.1 Å². The predicted octanol–water partition coefficient (Wildman–Crippen LogP) is 3.15. The van der Waals surface area contributed by atoms with Gasteiger partial charge in [-0.15, -0.1) is 0 Å². The number of aliphatic hydroxyl groups is 1. The van der Waals surface area contributed by atoms with Crippen molar-refractivity contribution in [2.75, 3.05) is 0 Å². The van der Waals surface area contributed by atoms with Crippen LogP contribution in [0.5, 0.6) is 5.75 Å². The first-order valence-electron chi connectivity index (χ1n) is 6.81. The topological polar surface area (TPSA) is 72.6 Å². The van der Waals surface area contributed by atoms with Crippen LogP contribution in [0.15, 0.2) is 42.5 Å². The highest BCUT2D eigenvalue weighted by atomic mass is 16.6.